The van der Waals surface area contributed by atoms with Gasteiger partial charge in [0.05, 0.1) is 11.9 Å². The molecule has 0 spiro atoms. The summed E-state index contributed by atoms with van der Waals surface area (Å²) in [5.74, 6) is 0.471. The molecule has 2 N–H and O–H groups in total. The minimum absolute atomic E-state index is 0. The summed E-state index contributed by atoms with van der Waals surface area (Å²) >= 11 is 1.45. The van der Waals surface area contributed by atoms with Gasteiger partial charge in [0, 0.05) is 37.9 Å². The number of carbonyl (C=O) groups excluding carboxylic acids is 1. The second kappa shape index (κ2) is 8.98. The summed E-state index contributed by atoms with van der Waals surface area (Å²) < 4.78 is 1.74. The summed E-state index contributed by atoms with van der Waals surface area (Å²) in [5, 5.41) is 5.02. The molecule has 1 saturated heterocycles. The van der Waals surface area contributed by atoms with Crippen LogP contribution in [-0.2, 0) is 7.05 Å². The first kappa shape index (κ1) is 21.9. The van der Waals surface area contributed by atoms with Crippen LogP contribution in [0.1, 0.15) is 35.1 Å². The maximum absolute atomic E-state index is 12.9. The van der Waals surface area contributed by atoms with Gasteiger partial charge in [-0.3, -0.25) is 9.48 Å². The number of aryl methyl sites for hydroxylation is 2. The molecule has 1 fully saturated rings. The molecule has 3 heterocycles. The minimum atomic E-state index is 0. The molecule has 1 aliphatic heterocycles. The summed E-state index contributed by atoms with van der Waals surface area (Å²) in [5.41, 5.74) is 7.77. The molecule has 2 aromatic rings. The van der Waals surface area contributed by atoms with Gasteiger partial charge in [-0.15, -0.1) is 36.2 Å². The van der Waals surface area contributed by atoms with Crippen LogP contribution in [0.5, 0.6) is 0 Å². The summed E-state index contributed by atoms with van der Waals surface area (Å²) in [7, 11) is 1.87. The van der Waals surface area contributed by atoms with Crippen LogP contribution in [-0.4, -0.2) is 44.7 Å². The first-order chi connectivity index (χ1) is 11.0. The number of thiazole rings is 1. The number of hydrogen-bond donors (Lipinski definition) is 1. The van der Waals surface area contributed by atoms with Crippen molar-refractivity contribution in [2.45, 2.75) is 32.7 Å². The molecule has 2 atom stereocenters. The van der Waals surface area contributed by atoms with Gasteiger partial charge in [-0.05, 0) is 32.6 Å². The van der Waals surface area contributed by atoms with Gasteiger partial charge in [-0.2, -0.15) is 5.10 Å². The van der Waals surface area contributed by atoms with E-state index in [4.69, 9.17) is 5.73 Å². The van der Waals surface area contributed by atoms with E-state index in [0.29, 0.717) is 5.92 Å². The molecule has 6 nitrogen and oxygen atoms in total. The zero-order valence-electron chi connectivity index (χ0n) is 14.6. The Morgan fingerprint density at radius 1 is 1.44 bits per heavy atom. The molecule has 140 valence electrons. The average molecular weight is 406 g/mol. The highest BCUT2D eigenvalue weighted by atomic mass is 35.5. The van der Waals surface area contributed by atoms with E-state index < -0.39 is 0 Å². The van der Waals surface area contributed by atoms with E-state index in [1.807, 2.05) is 32.0 Å². The second-order valence-corrected chi connectivity index (χ2v) is 7.35. The van der Waals surface area contributed by atoms with Crippen molar-refractivity contribution < 1.29 is 4.79 Å². The normalized spacial score (nSPS) is 18.2. The molecule has 0 saturated carbocycles. The Morgan fingerprint density at radius 2 is 2.16 bits per heavy atom. The van der Waals surface area contributed by atoms with Crippen molar-refractivity contribution in [3.8, 4) is 10.6 Å². The van der Waals surface area contributed by atoms with Gasteiger partial charge in [0.15, 0.2) is 0 Å². The number of likely N-dealkylation sites (tertiary alicyclic amines) is 1. The Morgan fingerprint density at radius 3 is 2.76 bits per heavy atom. The topological polar surface area (TPSA) is 77.0 Å². The third-order valence-corrected chi connectivity index (χ3v) is 5.63. The molecule has 0 radical (unpaired) electrons. The number of nitrogens with two attached hydrogens (primary N) is 1. The van der Waals surface area contributed by atoms with Crippen LogP contribution in [0.25, 0.3) is 10.6 Å². The van der Waals surface area contributed by atoms with E-state index in [1.54, 1.807) is 10.9 Å². The first-order valence-corrected chi connectivity index (χ1v) is 8.78. The Balaban J connectivity index is 0.00000156. The Labute approximate surface area is 164 Å². The van der Waals surface area contributed by atoms with Gasteiger partial charge in [-0.1, -0.05) is 0 Å². The largest absolute Gasteiger partial charge is 0.338 e. The lowest BCUT2D eigenvalue weighted by Gasteiger charge is -2.34. The number of aromatic nitrogens is 3. The first-order valence-electron chi connectivity index (χ1n) is 7.97. The predicted molar refractivity (Wildman–Crippen MR) is 106 cm³/mol. The molecule has 2 unspecified atom stereocenters. The molecule has 9 heteroatoms. The molecular formula is C16H25Cl2N5OS. The van der Waals surface area contributed by atoms with Crippen molar-refractivity contribution in [2.24, 2.45) is 18.7 Å². The van der Waals surface area contributed by atoms with Crippen LogP contribution >= 0.6 is 36.2 Å². The molecule has 2 aromatic heterocycles. The fourth-order valence-electron chi connectivity index (χ4n) is 3.02. The van der Waals surface area contributed by atoms with Crippen molar-refractivity contribution in [1.82, 2.24) is 19.7 Å². The smallest absolute Gasteiger partial charge is 0.265 e. The zero-order valence-corrected chi connectivity index (χ0v) is 17.1. The molecule has 1 aliphatic rings. The SMILES string of the molecule is Cc1nc(-c2cnn(C)c2)sc1C(=O)N1CCCC(C(C)N)C1.Cl.Cl. The number of nitrogens with zero attached hydrogens (tertiary/aromatic N) is 4. The molecular weight excluding hydrogens is 381 g/mol. The fraction of sp³-hybridized carbons (Fsp3) is 0.562. The van der Waals surface area contributed by atoms with Gasteiger partial charge in [0.25, 0.3) is 5.91 Å². The van der Waals surface area contributed by atoms with E-state index in [0.717, 1.165) is 47.1 Å². The maximum atomic E-state index is 12.9. The molecule has 1 amide bonds. The van der Waals surface area contributed by atoms with Crippen LogP contribution < -0.4 is 5.73 Å². The molecule has 0 aromatic carbocycles. The van der Waals surface area contributed by atoms with E-state index in [1.165, 1.54) is 11.3 Å². The molecule has 0 aliphatic carbocycles. The van der Waals surface area contributed by atoms with Gasteiger partial charge in [0.1, 0.15) is 9.88 Å². The minimum Gasteiger partial charge on any atom is -0.338 e. The molecule has 0 bridgehead atoms. The summed E-state index contributed by atoms with van der Waals surface area (Å²) in [6.45, 7) is 5.48. The lowest BCUT2D eigenvalue weighted by atomic mass is 9.92. The highest BCUT2D eigenvalue weighted by Crippen LogP contribution is 2.30. The quantitative estimate of drug-likeness (QED) is 0.851. The van der Waals surface area contributed by atoms with Crippen molar-refractivity contribution in [3.05, 3.63) is 23.0 Å². The Hall–Kier alpha value is -1.15. The third-order valence-electron chi connectivity index (χ3n) is 4.43. The van der Waals surface area contributed by atoms with Crippen molar-refractivity contribution in [3.63, 3.8) is 0 Å². The number of hydrogen-bond acceptors (Lipinski definition) is 5. The monoisotopic (exact) mass is 405 g/mol. The average Bonchev–Trinajstić information content (AvgIpc) is 3.12. The number of amides is 1. The second-order valence-electron chi connectivity index (χ2n) is 6.35. The van der Waals surface area contributed by atoms with Crippen LogP contribution in [0.15, 0.2) is 12.4 Å². The van der Waals surface area contributed by atoms with Gasteiger partial charge in [0.2, 0.25) is 0 Å². The lowest BCUT2D eigenvalue weighted by molar-refractivity contribution is 0.0665. The van der Waals surface area contributed by atoms with Crippen LogP contribution in [0.2, 0.25) is 0 Å². The highest BCUT2D eigenvalue weighted by Gasteiger charge is 2.28. The lowest BCUT2D eigenvalue weighted by Crippen LogP contribution is -2.45. The molecule has 25 heavy (non-hydrogen) atoms. The summed E-state index contributed by atoms with van der Waals surface area (Å²) in [6, 6.07) is 0.124. The van der Waals surface area contributed by atoms with Crippen LogP contribution in [0.3, 0.4) is 0 Å². The maximum Gasteiger partial charge on any atom is 0.265 e. The highest BCUT2D eigenvalue weighted by molar-refractivity contribution is 7.17. The van der Waals surface area contributed by atoms with Gasteiger partial charge in [-0.25, -0.2) is 4.98 Å². The van der Waals surface area contributed by atoms with Crippen LogP contribution in [0, 0.1) is 12.8 Å². The van der Waals surface area contributed by atoms with Crippen molar-refractivity contribution >= 4 is 42.1 Å². The summed E-state index contributed by atoms with van der Waals surface area (Å²) in [6.07, 6.45) is 5.81. The zero-order chi connectivity index (χ0) is 16.6. The fourth-order valence-corrected chi connectivity index (χ4v) is 4.03. The van der Waals surface area contributed by atoms with E-state index in [9.17, 15) is 4.79 Å². The Bertz CT molecular complexity index is 715. The van der Waals surface area contributed by atoms with Crippen LogP contribution in [0.4, 0.5) is 0 Å². The van der Waals surface area contributed by atoms with Crippen molar-refractivity contribution in [1.29, 1.82) is 0 Å². The van der Waals surface area contributed by atoms with Gasteiger partial charge >= 0.3 is 0 Å². The summed E-state index contributed by atoms with van der Waals surface area (Å²) in [4.78, 5) is 20.1. The standard InChI is InChI=1S/C16H23N5OS.2ClH/c1-10(17)12-5-4-6-21(9-12)16(22)14-11(2)19-15(23-14)13-7-18-20(3)8-13;;/h7-8,10,12H,4-6,9,17H2,1-3H3;2*1H. The third kappa shape index (κ3) is 4.73. The molecule has 3 rings (SSSR count). The Kier molecular flexibility index (Phi) is 7.87. The predicted octanol–water partition coefficient (Wildman–Crippen LogP) is 2.90. The van der Waals surface area contributed by atoms with E-state index in [2.05, 4.69) is 10.1 Å². The number of piperidine rings is 1. The van der Waals surface area contributed by atoms with E-state index >= 15 is 0 Å². The van der Waals surface area contributed by atoms with E-state index in [-0.39, 0.29) is 36.8 Å². The van der Waals surface area contributed by atoms with Crippen molar-refractivity contribution in [2.75, 3.05) is 13.1 Å². The number of rotatable bonds is 3. The number of carbonyl (C=O) groups is 1. The van der Waals surface area contributed by atoms with Gasteiger partial charge < -0.3 is 10.6 Å². The number of halogens is 2.